The summed E-state index contributed by atoms with van der Waals surface area (Å²) in [6.45, 7) is 10.9. The molecular weight excluding hydrogens is 360 g/mol. The first kappa shape index (κ1) is 16.4. The van der Waals surface area contributed by atoms with Crippen LogP contribution in [-0.4, -0.2) is 14.1 Å². The van der Waals surface area contributed by atoms with Crippen molar-refractivity contribution in [1.29, 1.82) is 0 Å². The lowest BCUT2D eigenvalue weighted by atomic mass is 9.53. The molecule has 4 aliphatic carbocycles. The fourth-order valence-electron chi connectivity index (χ4n) is 6.56. The van der Waals surface area contributed by atoms with E-state index in [0.29, 0.717) is 12.3 Å². The number of carbonyl (C=O) groups is 1. The zero-order chi connectivity index (χ0) is 23.0. The molecule has 2 saturated carbocycles. The maximum absolute atomic E-state index is 12.0. The van der Waals surface area contributed by atoms with Crippen LogP contribution in [0, 0.1) is 28.6 Å². The topological polar surface area (TPSA) is 26.3 Å². The van der Waals surface area contributed by atoms with E-state index >= 15 is 0 Å². The Morgan fingerprint density at radius 2 is 2.07 bits per heavy atom. The van der Waals surface area contributed by atoms with Gasteiger partial charge in [0.1, 0.15) is 0 Å². The van der Waals surface area contributed by atoms with Gasteiger partial charge in [-0.1, -0.05) is 37.1 Å². The average molecular weight is 400 g/mol. The van der Waals surface area contributed by atoms with E-state index in [9.17, 15) is 4.79 Å². The molecule has 0 aromatic heterocycles. The van der Waals surface area contributed by atoms with Gasteiger partial charge in [0.25, 0.3) is 0 Å². The number of allylic oxidation sites excluding steroid dienone is 8. The Labute approximate surface area is 176 Å². The van der Waals surface area contributed by atoms with Crippen LogP contribution in [0.3, 0.4) is 0 Å². The van der Waals surface area contributed by atoms with Crippen LogP contribution >= 0.6 is 0 Å². The molecule has 0 N–H and O–H groups in total. The van der Waals surface area contributed by atoms with E-state index < -0.39 is 21.1 Å². The first-order chi connectivity index (χ1) is 14.2. The third-order valence-corrected chi connectivity index (χ3v) is 8.55. The SMILES string of the molecule is [2H]C([2H])([2H])[C@@H]1CC2C3CCC4=CC(=O)C=C[C@]4(C)C3=CC[C@]2(C)/C1=C(/C)O[Si](C)(C)C. The van der Waals surface area contributed by atoms with Crippen molar-refractivity contribution in [3.63, 3.8) is 0 Å². The summed E-state index contributed by atoms with van der Waals surface area (Å²) in [7, 11) is -1.85. The Kier molecular flexibility index (Phi) is 3.71. The second-order valence-electron chi connectivity index (χ2n) is 10.6. The van der Waals surface area contributed by atoms with Crippen molar-refractivity contribution in [2.45, 2.75) is 72.9 Å². The summed E-state index contributed by atoms with van der Waals surface area (Å²) in [6.07, 6.45) is 11.4. The zero-order valence-corrected chi connectivity index (χ0v) is 19.2. The second kappa shape index (κ2) is 6.32. The van der Waals surface area contributed by atoms with Gasteiger partial charge in [0.05, 0.1) is 5.76 Å². The van der Waals surface area contributed by atoms with Gasteiger partial charge in [-0.2, -0.15) is 0 Å². The predicted molar refractivity (Wildman–Crippen MR) is 118 cm³/mol. The normalized spacial score (nSPS) is 43.6. The maximum Gasteiger partial charge on any atom is 0.241 e. The van der Waals surface area contributed by atoms with Gasteiger partial charge in [0.2, 0.25) is 8.32 Å². The van der Waals surface area contributed by atoms with E-state index in [1.807, 2.05) is 13.0 Å². The lowest BCUT2D eigenvalue weighted by Crippen LogP contribution is -2.42. The smallest absolute Gasteiger partial charge is 0.241 e. The fraction of sp³-hybridized carbons (Fsp3) is 0.640. The monoisotopic (exact) mass is 399 g/mol. The second-order valence-corrected chi connectivity index (χ2v) is 15.0. The summed E-state index contributed by atoms with van der Waals surface area (Å²) < 4.78 is 31.4. The highest BCUT2D eigenvalue weighted by molar-refractivity contribution is 6.70. The van der Waals surface area contributed by atoms with Gasteiger partial charge < -0.3 is 4.43 Å². The molecule has 4 aliphatic rings. The van der Waals surface area contributed by atoms with E-state index in [0.717, 1.165) is 30.6 Å². The van der Waals surface area contributed by atoms with Gasteiger partial charge in [-0.05, 0) is 100 Å². The molecule has 152 valence electrons. The fourth-order valence-corrected chi connectivity index (χ4v) is 7.58. The van der Waals surface area contributed by atoms with Gasteiger partial charge in [0.15, 0.2) is 5.78 Å². The molecule has 4 rings (SSSR count). The summed E-state index contributed by atoms with van der Waals surface area (Å²) in [5, 5.41) is 0. The van der Waals surface area contributed by atoms with Gasteiger partial charge in [0, 0.05) is 9.53 Å². The third kappa shape index (κ3) is 2.92. The molecule has 0 amide bonds. The van der Waals surface area contributed by atoms with Crippen molar-refractivity contribution >= 4 is 14.1 Å². The predicted octanol–water partition coefficient (Wildman–Crippen LogP) is 6.59. The number of rotatable bonds is 2. The lowest BCUT2D eigenvalue weighted by Gasteiger charge is -2.51. The van der Waals surface area contributed by atoms with Crippen molar-refractivity contribution in [3.8, 4) is 0 Å². The van der Waals surface area contributed by atoms with E-state index in [1.165, 1.54) is 11.1 Å². The highest BCUT2D eigenvalue weighted by atomic mass is 28.4. The summed E-state index contributed by atoms with van der Waals surface area (Å²) in [4.78, 5) is 12.0. The number of hydrogen-bond acceptors (Lipinski definition) is 2. The third-order valence-electron chi connectivity index (χ3n) is 7.63. The Hall–Kier alpha value is -1.35. The minimum Gasteiger partial charge on any atom is -0.548 e. The first-order valence-corrected chi connectivity index (χ1v) is 14.1. The minimum absolute atomic E-state index is 0.0832. The van der Waals surface area contributed by atoms with Crippen molar-refractivity contribution < 1.29 is 13.3 Å². The summed E-state index contributed by atoms with van der Waals surface area (Å²) >= 11 is 0. The average Bonchev–Trinajstić information content (AvgIpc) is 2.94. The first-order valence-electron chi connectivity index (χ1n) is 12.2. The minimum atomic E-state index is -2.03. The molecule has 5 atom stereocenters. The van der Waals surface area contributed by atoms with E-state index in [2.05, 4.69) is 45.6 Å². The van der Waals surface area contributed by atoms with Crippen LogP contribution in [0.5, 0.6) is 0 Å². The van der Waals surface area contributed by atoms with E-state index in [4.69, 9.17) is 8.54 Å². The molecule has 2 unspecified atom stereocenters. The lowest BCUT2D eigenvalue weighted by molar-refractivity contribution is -0.110. The molecule has 0 heterocycles. The Morgan fingerprint density at radius 1 is 1.32 bits per heavy atom. The van der Waals surface area contributed by atoms with Crippen LogP contribution in [0.2, 0.25) is 19.6 Å². The molecule has 0 aromatic carbocycles. The van der Waals surface area contributed by atoms with Crippen LogP contribution < -0.4 is 0 Å². The molecule has 3 heteroatoms. The Morgan fingerprint density at radius 3 is 2.75 bits per heavy atom. The highest BCUT2D eigenvalue weighted by Gasteiger charge is 2.56. The number of carbonyl (C=O) groups excluding carboxylic acids is 1. The van der Waals surface area contributed by atoms with Crippen LogP contribution in [0.1, 0.15) is 57.4 Å². The number of fused-ring (bicyclic) bond motifs is 5. The van der Waals surface area contributed by atoms with Gasteiger partial charge in [-0.3, -0.25) is 4.79 Å². The molecule has 28 heavy (non-hydrogen) atoms. The molecule has 0 bridgehead atoms. The molecule has 0 spiro atoms. The van der Waals surface area contributed by atoms with Crippen molar-refractivity contribution in [2.24, 2.45) is 28.6 Å². The molecule has 2 fully saturated rings. The summed E-state index contributed by atoms with van der Waals surface area (Å²) in [5.74, 6) is 1.13. The Balaban J connectivity index is 1.81. The summed E-state index contributed by atoms with van der Waals surface area (Å²) in [6, 6.07) is 0. The summed E-state index contributed by atoms with van der Waals surface area (Å²) in [5.41, 5.74) is 3.25. The van der Waals surface area contributed by atoms with Crippen molar-refractivity contribution in [3.05, 3.63) is 46.8 Å². The maximum atomic E-state index is 12.0. The van der Waals surface area contributed by atoms with Crippen LogP contribution in [0.15, 0.2) is 46.8 Å². The molecule has 0 saturated heterocycles. The molecule has 0 aromatic rings. The van der Waals surface area contributed by atoms with Gasteiger partial charge in [-0.25, -0.2) is 0 Å². The number of hydrogen-bond donors (Lipinski definition) is 0. The van der Waals surface area contributed by atoms with Crippen LogP contribution in [-0.2, 0) is 9.22 Å². The van der Waals surface area contributed by atoms with E-state index in [-0.39, 0.29) is 22.5 Å². The van der Waals surface area contributed by atoms with E-state index in [1.54, 1.807) is 6.08 Å². The van der Waals surface area contributed by atoms with Crippen molar-refractivity contribution in [1.82, 2.24) is 0 Å². The van der Waals surface area contributed by atoms with Crippen LogP contribution in [0.25, 0.3) is 0 Å². The molecule has 2 nitrogen and oxygen atoms in total. The standard InChI is InChI=1S/C25H36O2Si/c1-16-14-22-20-9-8-18-15-19(26)10-12-24(18,3)21(20)11-13-25(22,4)23(16)17(2)27-28(5,6)7/h10-12,15-16,20,22H,8-9,13-14H2,1-7H3/b23-17-/t16-,20?,22?,24+,25+/m1/s1/i1D3. The van der Waals surface area contributed by atoms with Crippen molar-refractivity contribution in [2.75, 3.05) is 0 Å². The van der Waals surface area contributed by atoms with Gasteiger partial charge in [-0.15, -0.1) is 0 Å². The largest absolute Gasteiger partial charge is 0.548 e. The quantitative estimate of drug-likeness (QED) is 0.297. The molecule has 0 aliphatic heterocycles. The zero-order valence-electron chi connectivity index (χ0n) is 21.2. The molecular formula is C25H36O2Si. The number of ketones is 1. The van der Waals surface area contributed by atoms with Crippen LogP contribution in [0.4, 0.5) is 0 Å². The Bertz CT molecular complexity index is 933. The van der Waals surface area contributed by atoms with Gasteiger partial charge >= 0.3 is 0 Å². The highest BCUT2D eigenvalue weighted by Crippen LogP contribution is 2.65. The molecule has 0 radical (unpaired) electrons.